The first-order valence-corrected chi connectivity index (χ1v) is 16.2. The largest absolute Gasteiger partial charge is 1.00 e. The van der Waals surface area contributed by atoms with Crippen LogP contribution in [-0.4, -0.2) is 121 Å². The van der Waals surface area contributed by atoms with Crippen molar-refractivity contribution in [2.45, 2.75) is 52.3 Å². The number of halogens is 1. The molecule has 0 aliphatic carbocycles. The summed E-state index contributed by atoms with van der Waals surface area (Å²) in [7, 11) is -1.17. The first-order valence-electron chi connectivity index (χ1n) is 12.8. The molecule has 14 nitrogen and oxygen atoms in total. The predicted octanol–water partition coefficient (Wildman–Crippen LogP) is -2.51. The third kappa shape index (κ3) is 20.2. The van der Waals surface area contributed by atoms with E-state index in [1.54, 1.807) is 65.4 Å². The molecule has 278 valence electrons. The van der Waals surface area contributed by atoms with E-state index in [0.717, 1.165) is 4.31 Å². The first-order chi connectivity index (χ1) is 20.1. The van der Waals surface area contributed by atoms with Crippen LogP contribution >= 0.6 is 11.6 Å². The van der Waals surface area contributed by atoms with E-state index in [2.05, 4.69) is 0 Å². The van der Waals surface area contributed by atoms with Crippen molar-refractivity contribution in [1.29, 1.82) is 0 Å². The van der Waals surface area contributed by atoms with Crippen molar-refractivity contribution in [1.82, 2.24) is 8.61 Å². The zero-order valence-corrected chi connectivity index (χ0v) is 35.0. The van der Waals surface area contributed by atoms with Gasteiger partial charge in [-0.3, -0.25) is 0 Å². The van der Waals surface area contributed by atoms with Crippen LogP contribution in [0.5, 0.6) is 11.5 Å². The Kier molecular flexibility index (Phi) is 41.4. The number of carbonyl (C=O) groups excluding carboxylic acids is 2. The summed E-state index contributed by atoms with van der Waals surface area (Å²) in [6.07, 6.45) is 3.03. The van der Waals surface area contributed by atoms with Gasteiger partial charge in [0.2, 0.25) is 20.0 Å². The molecule has 0 unspecified atom stereocenters. The number of aliphatic hydroxyl groups excluding tert-OH is 1. The number of nitrogens with zero attached hydrogens (tertiary/aromatic N) is 2. The number of hydrogen-bond donors (Lipinski definition) is 1. The third-order valence-electron chi connectivity index (χ3n) is 5.86. The fraction of sp³-hybridized carbons (Fsp3) is 0.533. The van der Waals surface area contributed by atoms with E-state index in [9.17, 15) is 21.6 Å². The van der Waals surface area contributed by atoms with Gasteiger partial charge in [0, 0.05) is 28.6 Å². The number of alkyl halides is 1. The molecule has 2 rings (SSSR count). The normalized spacial score (nSPS) is 9.88. The summed E-state index contributed by atoms with van der Waals surface area (Å²) in [6, 6.07) is 6.75. The molecular weight excluding hydrogens is 726 g/mol. The van der Waals surface area contributed by atoms with Crippen LogP contribution in [0.4, 0.5) is 0 Å². The van der Waals surface area contributed by atoms with Gasteiger partial charge in [0.15, 0.2) is 0 Å². The molecule has 0 saturated carbocycles. The van der Waals surface area contributed by atoms with Crippen LogP contribution in [-0.2, 0) is 34.4 Å². The molecule has 0 heterocycles. The maximum absolute atomic E-state index is 12.6. The monoisotopic (exact) mass is 779 g/mol. The van der Waals surface area contributed by atoms with E-state index in [1.807, 2.05) is 0 Å². The number of hydrogen-bond acceptors (Lipinski definition) is 12. The molecule has 0 amide bonds. The maximum Gasteiger partial charge on any atom is 1.00 e. The van der Waals surface area contributed by atoms with Crippen molar-refractivity contribution in [2.24, 2.45) is 0 Å². The quantitative estimate of drug-likeness (QED) is 0.0911. The van der Waals surface area contributed by atoms with Gasteiger partial charge in [-0.25, -0.2) is 29.4 Å². The van der Waals surface area contributed by atoms with Crippen molar-refractivity contribution < 1.29 is 117 Å². The van der Waals surface area contributed by atoms with Crippen LogP contribution < -0.4 is 68.6 Å². The predicted molar refractivity (Wildman–Crippen MR) is 184 cm³/mol. The molecular formula is C30H53ClN2Na2O12S2-2. The smallest absolute Gasteiger partial charge is 0.870 e. The fourth-order valence-corrected chi connectivity index (χ4v) is 6.99. The van der Waals surface area contributed by atoms with Gasteiger partial charge in [0.1, 0.15) is 11.5 Å². The molecule has 0 aliphatic rings. The van der Waals surface area contributed by atoms with Crippen molar-refractivity contribution >= 4 is 44.2 Å². The minimum atomic E-state index is -3.61. The molecule has 2 aromatic rings. The number of methoxy groups -OCH3 is 2. The molecule has 0 bridgehead atoms. The van der Waals surface area contributed by atoms with Crippen molar-refractivity contribution in [3.63, 3.8) is 0 Å². The molecule has 0 aliphatic heterocycles. The van der Waals surface area contributed by atoms with Crippen molar-refractivity contribution in [2.75, 3.05) is 67.1 Å². The number of rotatable bonds is 14. The number of aliphatic hydroxyl groups is 1. The Bertz CT molecular complexity index is 1380. The third-order valence-corrected chi connectivity index (χ3v) is 10.3. The Morgan fingerprint density at radius 2 is 1.04 bits per heavy atom. The molecule has 0 aromatic heterocycles. The fourth-order valence-electron chi connectivity index (χ4n) is 3.87. The molecule has 0 fully saturated rings. The summed E-state index contributed by atoms with van der Waals surface area (Å²) in [6.45, 7) is 6.94. The van der Waals surface area contributed by atoms with Gasteiger partial charge in [-0.2, -0.15) is 20.2 Å². The average molecular weight is 780 g/mol. The second kappa shape index (κ2) is 32.0. The zero-order chi connectivity index (χ0) is 33.4. The summed E-state index contributed by atoms with van der Waals surface area (Å²) < 4.78 is 67.4. The SMILES string of the molecule is C.C.COc1cc(C)c(S(=O)(=O)N(C)CCO)c(C)c1.COc1cc(C)c(S(=O)(=O)N(C)CCOC[C-]=O)c(C)c1.O=[C-]CCl.[2HH].[Na+].[Na+].[OH-].[OH-]. The van der Waals surface area contributed by atoms with Gasteiger partial charge in [-0.05, 0) is 80.8 Å². The summed E-state index contributed by atoms with van der Waals surface area (Å²) in [4.78, 5) is 19.5. The average Bonchev–Trinajstić information content (AvgIpc) is 2.94. The van der Waals surface area contributed by atoms with Crippen LogP contribution in [0.15, 0.2) is 34.1 Å². The van der Waals surface area contributed by atoms with Crippen LogP contribution in [0.1, 0.15) is 38.5 Å². The summed E-state index contributed by atoms with van der Waals surface area (Å²) >= 11 is 4.76. The minimum absolute atomic E-state index is 0. The van der Waals surface area contributed by atoms with Crippen LogP contribution in [0.25, 0.3) is 0 Å². The van der Waals surface area contributed by atoms with E-state index in [4.69, 9.17) is 35.7 Å². The molecule has 0 atom stereocenters. The van der Waals surface area contributed by atoms with Gasteiger partial charge in [0.05, 0.1) is 37.2 Å². The van der Waals surface area contributed by atoms with E-state index in [0.29, 0.717) is 33.8 Å². The van der Waals surface area contributed by atoms with Crippen molar-refractivity contribution in [3.8, 4) is 11.5 Å². The Labute approximate surface area is 344 Å². The number of benzene rings is 2. The zero-order valence-electron chi connectivity index (χ0n) is 28.7. The first kappa shape index (κ1) is 63.4. The number of aryl methyl sites for hydroxylation is 4. The molecule has 0 radical (unpaired) electrons. The van der Waals surface area contributed by atoms with Crippen LogP contribution in [0, 0.1) is 27.7 Å². The molecule has 3 N–H and O–H groups in total. The Hall–Kier alpha value is -0.670. The second-order valence-corrected chi connectivity index (χ2v) is 13.3. The summed E-state index contributed by atoms with van der Waals surface area (Å²) in [5, 5.41) is 8.84. The summed E-state index contributed by atoms with van der Waals surface area (Å²) in [5.74, 6) is 1.24. The standard InChI is InChI=1S/C14H20NO5S.C12H19NO4S.C2H2ClO.2CH4.2Na.2H2O.H2/c1-11-9-13(19-4)10-12(2)14(11)21(17,18)15(3)5-7-20-8-6-16;1-9-7-11(17-4)8-10(2)12(9)18(15,16)13(3)5-6-14;3-1-2-4;;;;;;;/h9-10H,5,7-8H2,1-4H3;7-8,14H,5-6H2,1-4H3;1H2;2*1H4;;;2*1H2;1H/q-1;;-1;;;2*+1;;;/p-2/i;;;;;;;;;1+1. The van der Waals surface area contributed by atoms with Crippen molar-refractivity contribution in [3.05, 3.63) is 46.5 Å². The van der Waals surface area contributed by atoms with E-state index >= 15 is 0 Å². The molecule has 2 aromatic carbocycles. The maximum atomic E-state index is 12.6. The van der Waals surface area contributed by atoms with Gasteiger partial charge >= 0.3 is 59.1 Å². The number of ether oxygens (including phenoxy) is 3. The van der Waals surface area contributed by atoms with Gasteiger partial charge in [-0.1, -0.05) is 20.7 Å². The number of sulfonamides is 2. The van der Waals surface area contributed by atoms with Crippen LogP contribution in [0.2, 0.25) is 0 Å². The van der Waals surface area contributed by atoms with Gasteiger partial charge in [-0.15, -0.1) is 0 Å². The Morgan fingerprint density at radius 3 is 1.29 bits per heavy atom. The second-order valence-electron chi connectivity index (χ2n) is 9.03. The van der Waals surface area contributed by atoms with E-state index in [1.165, 1.54) is 31.8 Å². The number of likely N-dealkylation sites (N-methyl/N-ethyl adjacent to an activating group) is 2. The molecule has 0 saturated heterocycles. The van der Waals surface area contributed by atoms with Gasteiger partial charge in [0.25, 0.3) is 0 Å². The molecule has 19 heteroatoms. The Morgan fingerprint density at radius 1 is 0.735 bits per heavy atom. The topological polar surface area (TPSA) is 217 Å². The minimum Gasteiger partial charge on any atom is -0.870 e. The Balaban J connectivity index is -0.0000000946. The van der Waals surface area contributed by atoms with Crippen LogP contribution in [0.3, 0.4) is 0 Å². The molecule has 49 heavy (non-hydrogen) atoms. The van der Waals surface area contributed by atoms with E-state index in [-0.39, 0.29) is 135 Å². The van der Waals surface area contributed by atoms with E-state index < -0.39 is 20.0 Å². The summed E-state index contributed by atoms with van der Waals surface area (Å²) in [5.41, 5.74) is 2.52. The van der Waals surface area contributed by atoms with Gasteiger partial charge < -0.3 is 39.9 Å². The molecule has 0 spiro atoms.